The molecule has 1 atom stereocenters. The van der Waals surface area contributed by atoms with Crippen LogP contribution in [-0.2, 0) is 15.8 Å². The van der Waals surface area contributed by atoms with Gasteiger partial charge in [0.15, 0.2) is 0 Å². The van der Waals surface area contributed by atoms with Crippen molar-refractivity contribution in [3.63, 3.8) is 0 Å². The van der Waals surface area contributed by atoms with E-state index in [4.69, 9.17) is 5.73 Å². The third-order valence-corrected chi connectivity index (χ3v) is 4.14. The van der Waals surface area contributed by atoms with E-state index in [-0.39, 0.29) is 24.2 Å². The fourth-order valence-electron chi connectivity index (χ4n) is 1.76. The molecule has 1 rings (SSSR count). The average Bonchev–Trinajstić information content (AvgIpc) is 2.35. The molecule has 110 valence electrons. The van der Waals surface area contributed by atoms with Crippen LogP contribution in [0.3, 0.4) is 0 Å². The third kappa shape index (κ3) is 7.52. The summed E-state index contributed by atoms with van der Waals surface area (Å²) in [6.07, 6.45) is 2.81. The van der Waals surface area contributed by atoms with Gasteiger partial charge in [0.2, 0.25) is 10.0 Å². The second kappa shape index (κ2) is 9.31. The molecule has 3 N–H and O–H groups in total. The Kier molecular flexibility index (Phi) is 9.01. The molecule has 6 heteroatoms. The molecule has 0 saturated heterocycles. The number of benzene rings is 1. The molecular weight excluding hydrogens is 284 g/mol. The van der Waals surface area contributed by atoms with E-state index in [1.54, 1.807) is 0 Å². The fourth-order valence-corrected chi connectivity index (χ4v) is 3.20. The molecule has 0 heterocycles. The fraction of sp³-hybridized carbons (Fsp3) is 0.538. The zero-order chi connectivity index (χ0) is 13.4. The number of hydrogen-bond acceptors (Lipinski definition) is 3. The Balaban J connectivity index is 0.00000324. The van der Waals surface area contributed by atoms with Gasteiger partial charge in [-0.05, 0) is 12.0 Å². The number of hydrogen-bond donors (Lipinski definition) is 2. The second-order valence-electron chi connectivity index (χ2n) is 4.44. The van der Waals surface area contributed by atoms with E-state index in [0.29, 0.717) is 6.54 Å². The lowest BCUT2D eigenvalue weighted by molar-refractivity contribution is 0.516. The van der Waals surface area contributed by atoms with Crippen molar-refractivity contribution < 1.29 is 8.42 Å². The first kappa shape index (κ1) is 18.4. The van der Waals surface area contributed by atoms with Crippen molar-refractivity contribution in [1.82, 2.24) is 4.72 Å². The van der Waals surface area contributed by atoms with Crippen LogP contribution in [0.5, 0.6) is 0 Å². The Labute approximate surface area is 122 Å². The van der Waals surface area contributed by atoms with Gasteiger partial charge in [0.05, 0.1) is 5.75 Å². The molecule has 1 aromatic rings. The van der Waals surface area contributed by atoms with Crippen molar-refractivity contribution in [1.29, 1.82) is 0 Å². The average molecular weight is 307 g/mol. The maximum atomic E-state index is 12.0. The monoisotopic (exact) mass is 306 g/mol. The van der Waals surface area contributed by atoms with Gasteiger partial charge in [-0.3, -0.25) is 0 Å². The highest BCUT2D eigenvalue weighted by molar-refractivity contribution is 7.88. The Morgan fingerprint density at radius 1 is 1.26 bits per heavy atom. The summed E-state index contributed by atoms with van der Waals surface area (Å²) >= 11 is 0. The highest BCUT2D eigenvalue weighted by atomic mass is 35.5. The van der Waals surface area contributed by atoms with Crippen LogP contribution < -0.4 is 10.5 Å². The lowest BCUT2D eigenvalue weighted by atomic mass is 10.1. The smallest absolute Gasteiger partial charge is 0.216 e. The van der Waals surface area contributed by atoms with Crippen LogP contribution in [0.15, 0.2) is 30.3 Å². The predicted octanol–water partition coefficient (Wildman–Crippen LogP) is 2.05. The molecule has 0 aromatic heterocycles. The minimum atomic E-state index is -3.31. The zero-order valence-corrected chi connectivity index (χ0v) is 12.8. The van der Waals surface area contributed by atoms with Gasteiger partial charge < -0.3 is 5.73 Å². The molecular formula is C13H23ClN2O2S. The molecule has 0 bridgehead atoms. The number of unbranched alkanes of at least 4 members (excludes halogenated alkanes) is 1. The Bertz CT molecular complexity index is 437. The quantitative estimate of drug-likeness (QED) is 0.772. The number of halogens is 1. The van der Waals surface area contributed by atoms with Gasteiger partial charge in [0.1, 0.15) is 0 Å². The molecule has 0 aliphatic heterocycles. The number of sulfonamides is 1. The third-order valence-electron chi connectivity index (χ3n) is 2.74. The number of nitrogens with one attached hydrogen (secondary N) is 1. The Morgan fingerprint density at radius 2 is 1.89 bits per heavy atom. The minimum absolute atomic E-state index is 0. The standard InChI is InChI=1S/C13H22N2O2S.ClH/c1-2-3-9-13(10-14)15-18(16,17)11-12-7-5-4-6-8-12;/h4-8,13,15H,2-3,9-11,14H2,1H3;1H. The van der Waals surface area contributed by atoms with Gasteiger partial charge in [-0.2, -0.15) is 0 Å². The number of rotatable bonds is 8. The molecule has 0 radical (unpaired) electrons. The Hall–Kier alpha value is -0.620. The van der Waals surface area contributed by atoms with E-state index in [1.165, 1.54) is 0 Å². The van der Waals surface area contributed by atoms with Crippen LogP contribution in [0.4, 0.5) is 0 Å². The normalized spacial score (nSPS) is 12.7. The molecule has 1 unspecified atom stereocenters. The topological polar surface area (TPSA) is 72.2 Å². The molecule has 4 nitrogen and oxygen atoms in total. The maximum Gasteiger partial charge on any atom is 0.216 e. The summed E-state index contributed by atoms with van der Waals surface area (Å²) in [5.74, 6) is 0.0104. The summed E-state index contributed by atoms with van der Waals surface area (Å²) in [5.41, 5.74) is 6.38. The SMILES string of the molecule is CCCCC(CN)NS(=O)(=O)Cc1ccccc1.Cl. The zero-order valence-electron chi connectivity index (χ0n) is 11.2. The lowest BCUT2D eigenvalue weighted by Crippen LogP contribution is -2.40. The molecule has 0 aliphatic carbocycles. The first-order valence-electron chi connectivity index (χ1n) is 6.31. The summed E-state index contributed by atoms with van der Waals surface area (Å²) in [5, 5.41) is 0. The van der Waals surface area contributed by atoms with Crippen molar-refractivity contribution in [2.24, 2.45) is 5.73 Å². The van der Waals surface area contributed by atoms with Gasteiger partial charge in [0.25, 0.3) is 0 Å². The molecule has 0 saturated carbocycles. The van der Waals surface area contributed by atoms with Crippen molar-refractivity contribution >= 4 is 22.4 Å². The van der Waals surface area contributed by atoms with Gasteiger partial charge in [-0.15, -0.1) is 12.4 Å². The van der Waals surface area contributed by atoms with E-state index in [1.807, 2.05) is 30.3 Å². The van der Waals surface area contributed by atoms with Crippen LogP contribution in [-0.4, -0.2) is 21.0 Å². The first-order chi connectivity index (χ1) is 8.57. The first-order valence-corrected chi connectivity index (χ1v) is 7.96. The lowest BCUT2D eigenvalue weighted by Gasteiger charge is -2.16. The van der Waals surface area contributed by atoms with Crippen LogP contribution in [0.25, 0.3) is 0 Å². The predicted molar refractivity (Wildman–Crippen MR) is 81.8 cm³/mol. The van der Waals surface area contributed by atoms with E-state index >= 15 is 0 Å². The summed E-state index contributed by atoms with van der Waals surface area (Å²) in [6.45, 7) is 2.42. The van der Waals surface area contributed by atoms with Crippen molar-refractivity contribution in [2.75, 3.05) is 6.54 Å². The highest BCUT2D eigenvalue weighted by Crippen LogP contribution is 2.07. The van der Waals surface area contributed by atoms with E-state index in [2.05, 4.69) is 11.6 Å². The van der Waals surface area contributed by atoms with Crippen LogP contribution in [0.2, 0.25) is 0 Å². The molecule has 0 spiro atoms. The number of nitrogens with two attached hydrogens (primary N) is 1. The van der Waals surface area contributed by atoms with Gasteiger partial charge in [-0.1, -0.05) is 50.1 Å². The molecule has 0 amide bonds. The highest BCUT2D eigenvalue weighted by Gasteiger charge is 2.16. The maximum absolute atomic E-state index is 12.0. The summed E-state index contributed by atoms with van der Waals surface area (Å²) in [7, 11) is -3.31. The minimum Gasteiger partial charge on any atom is -0.329 e. The van der Waals surface area contributed by atoms with Gasteiger partial charge in [0, 0.05) is 12.6 Å². The summed E-state index contributed by atoms with van der Waals surface area (Å²) in [4.78, 5) is 0. The van der Waals surface area contributed by atoms with Crippen LogP contribution >= 0.6 is 12.4 Å². The summed E-state index contributed by atoms with van der Waals surface area (Å²) < 4.78 is 26.6. The summed E-state index contributed by atoms with van der Waals surface area (Å²) in [6, 6.07) is 9.00. The van der Waals surface area contributed by atoms with Crippen LogP contribution in [0, 0.1) is 0 Å². The van der Waals surface area contributed by atoms with Crippen molar-refractivity contribution in [2.45, 2.75) is 38.0 Å². The van der Waals surface area contributed by atoms with Crippen molar-refractivity contribution in [3.8, 4) is 0 Å². The van der Waals surface area contributed by atoms with E-state index in [0.717, 1.165) is 24.8 Å². The molecule has 19 heavy (non-hydrogen) atoms. The van der Waals surface area contributed by atoms with E-state index in [9.17, 15) is 8.42 Å². The van der Waals surface area contributed by atoms with Gasteiger partial charge in [-0.25, -0.2) is 13.1 Å². The van der Waals surface area contributed by atoms with Gasteiger partial charge >= 0.3 is 0 Å². The molecule has 1 aromatic carbocycles. The largest absolute Gasteiger partial charge is 0.329 e. The second-order valence-corrected chi connectivity index (χ2v) is 6.19. The van der Waals surface area contributed by atoms with Crippen molar-refractivity contribution in [3.05, 3.63) is 35.9 Å². The Morgan fingerprint density at radius 3 is 2.42 bits per heavy atom. The van der Waals surface area contributed by atoms with Crippen LogP contribution in [0.1, 0.15) is 31.7 Å². The molecule has 0 fully saturated rings. The molecule has 0 aliphatic rings. The van der Waals surface area contributed by atoms with E-state index < -0.39 is 10.0 Å².